The summed E-state index contributed by atoms with van der Waals surface area (Å²) in [5, 5.41) is 7.99. The van der Waals surface area contributed by atoms with Gasteiger partial charge in [0.15, 0.2) is 0 Å². The number of nitrogens with two attached hydrogens (primary N) is 1. The second-order valence-electron chi connectivity index (χ2n) is 4.73. The molecule has 0 aliphatic heterocycles. The van der Waals surface area contributed by atoms with Gasteiger partial charge in [0.2, 0.25) is 5.91 Å². The number of hydrogen-bond acceptors (Lipinski definition) is 5. The molecule has 0 aliphatic rings. The lowest BCUT2D eigenvalue weighted by Crippen LogP contribution is -2.28. The van der Waals surface area contributed by atoms with Crippen LogP contribution in [0.1, 0.15) is 21.9 Å². The Balaban J connectivity index is 0.00000288. The van der Waals surface area contributed by atoms with Crippen molar-refractivity contribution in [2.75, 3.05) is 18.4 Å². The Bertz CT molecular complexity index is 678. The standard InChI is InChI=1S/C15H17BrN4O2S.ClH/c16-10-1-3-11(4-2-10)19-13(21)6-8-18-15(22)12-9-23-14(20-12)5-7-17;/h1-4,9H,5-8,17H2,(H,18,22)(H,19,21);1H. The van der Waals surface area contributed by atoms with Gasteiger partial charge in [0.25, 0.3) is 5.91 Å². The third kappa shape index (κ3) is 6.56. The Morgan fingerprint density at radius 1 is 1.25 bits per heavy atom. The lowest BCUT2D eigenvalue weighted by atomic mass is 10.3. The average molecular weight is 434 g/mol. The number of carbonyl (C=O) groups is 2. The van der Waals surface area contributed by atoms with Gasteiger partial charge in [-0.3, -0.25) is 9.59 Å². The zero-order valence-corrected chi connectivity index (χ0v) is 16.0. The van der Waals surface area contributed by atoms with Crippen molar-refractivity contribution in [2.45, 2.75) is 12.8 Å². The molecule has 0 atom stereocenters. The number of thiazole rings is 1. The molecule has 130 valence electrons. The molecule has 2 amide bonds. The minimum atomic E-state index is -0.277. The topological polar surface area (TPSA) is 97.1 Å². The van der Waals surface area contributed by atoms with Crippen molar-refractivity contribution in [3.05, 3.63) is 44.8 Å². The van der Waals surface area contributed by atoms with Gasteiger partial charge < -0.3 is 16.4 Å². The smallest absolute Gasteiger partial charge is 0.270 e. The molecule has 0 aliphatic carbocycles. The van der Waals surface area contributed by atoms with Gasteiger partial charge in [-0.2, -0.15) is 0 Å². The number of benzene rings is 1. The van der Waals surface area contributed by atoms with Gasteiger partial charge in [-0.05, 0) is 30.8 Å². The maximum Gasteiger partial charge on any atom is 0.270 e. The predicted octanol–water partition coefficient (Wildman–Crippen LogP) is 2.59. The van der Waals surface area contributed by atoms with Crippen LogP contribution < -0.4 is 16.4 Å². The molecule has 1 aromatic carbocycles. The molecule has 6 nitrogen and oxygen atoms in total. The molecular weight excluding hydrogens is 416 g/mol. The Morgan fingerprint density at radius 2 is 1.96 bits per heavy atom. The summed E-state index contributed by atoms with van der Waals surface area (Å²) < 4.78 is 0.944. The summed E-state index contributed by atoms with van der Waals surface area (Å²) in [7, 11) is 0. The number of amides is 2. The Kier molecular flexibility index (Phi) is 8.91. The van der Waals surface area contributed by atoms with E-state index in [4.69, 9.17) is 5.73 Å². The van der Waals surface area contributed by atoms with E-state index in [-0.39, 0.29) is 37.2 Å². The molecule has 2 aromatic rings. The number of rotatable bonds is 7. The fourth-order valence-corrected chi connectivity index (χ4v) is 2.85. The zero-order valence-electron chi connectivity index (χ0n) is 12.8. The third-order valence-corrected chi connectivity index (χ3v) is 4.35. The molecule has 0 unspecified atom stereocenters. The Morgan fingerprint density at radius 3 is 2.62 bits per heavy atom. The van der Waals surface area contributed by atoms with Gasteiger partial charge in [-0.25, -0.2) is 4.98 Å². The zero-order chi connectivity index (χ0) is 16.7. The van der Waals surface area contributed by atoms with Crippen molar-refractivity contribution >= 4 is 57.2 Å². The van der Waals surface area contributed by atoms with Gasteiger partial charge >= 0.3 is 0 Å². The Labute approximate surface area is 158 Å². The van der Waals surface area contributed by atoms with Crippen LogP contribution in [0.5, 0.6) is 0 Å². The van der Waals surface area contributed by atoms with E-state index in [1.807, 2.05) is 12.1 Å². The number of halogens is 2. The van der Waals surface area contributed by atoms with Crippen LogP contribution in [-0.4, -0.2) is 29.9 Å². The van der Waals surface area contributed by atoms with Crippen molar-refractivity contribution in [1.82, 2.24) is 10.3 Å². The normalized spacial score (nSPS) is 9.92. The number of anilines is 1. The molecule has 24 heavy (non-hydrogen) atoms. The molecule has 0 radical (unpaired) electrons. The minimum absolute atomic E-state index is 0. The van der Waals surface area contributed by atoms with Crippen molar-refractivity contribution in [3.63, 3.8) is 0 Å². The molecule has 1 heterocycles. The molecule has 0 bridgehead atoms. The fraction of sp³-hybridized carbons (Fsp3) is 0.267. The number of hydrogen-bond donors (Lipinski definition) is 3. The van der Waals surface area contributed by atoms with E-state index in [2.05, 4.69) is 31.5 Å². The molecule has 9 heteroatoms. The largest absolute Gasteiger partial charge is 0.350 e. The quantitative estimate of drug-likeness (QED) is 0.625. The van der Waals surface area contributed by atoms with Crippen LogP contribution in [0, 0.1) is 0 Å². The fourth-order valence-electron chi connectivity index (χ4n) is 1.79. The summed E-state index contributed by atoms with van der Waals surface area (Å²) in [4.78, 5) is 27.9. The van der Waals surface area contributed by atoms with Crippen LogP contribution in [0.15, 0.2) is 34.1 Å². The molecule has 4 N–H and O–H groups in total. The minimum Gasteiger partial charge on any atom is -0.350 e. The van der Waals surface area contributed by atoms with E-state index in [0.29, 0.717) is 18.7 Å². The first-order chi connectivity index (χ1) is 11.1. The number of nitrogens with one attached hydrogen (secondary N) is 2. The van der Waals surface area contributed by atoms with Crippen LogP contribution in [-0.2, 0) is 11.2 Å². The average Bonchev–Trinajstić information content (AvgIpc) is 2.99. The van der Waals surface area contributed by atoms with Gasteiger partial charge in [-0.1, -0.05) is 15.9 Å². The predicted molar refractivity (Wildman–Crippen MR) is 102 cm³/mol. The molecule has 1 aromatic heterocycles. The number of aromatic nitrogens is 1. The van der Waals surface area contributed by atoms with E-state index in [1.54, 1.807) is 17.5 Å². The second-order valence-corrected chi connectivity index (χ2v) is 6.58. The second kappa shape index (κ2) is 10.4. The summed E-state index contributed by atoms with van der Waals surface area (Å²) >= 11 is 4.74. The van der Waals surface area contributed by atoms with Gasteiger partial charge in [0.1, 0.15) is 5.69 Å². The van der Waals surface area contributed by atoms with Crippen LogP contribution in [0.3, 0.4) is 0 Å². The molecular formula is C15H18BrClN4O2S. The Hall–Kier alpha value is -1.48. The van der Waals surface area contributed by atoms with E-state index in [0.717, 1.165) is 15.2 Å². The SMILES string of the molecule is Cl.NCCc1nc(C(=O)NCCC(=O)Nc2ccc(Br)cc2)cs1. The van der Waals surface area contributed by atoms with Crippen LogP contribution in [0.2, 0.25) is 0 Å². The van der Waals surface area contributed by atoms with Crippen molar-refractivity contribution in [3.8, 4) is 0 Å². The lowest BCUT2D eigenvalue weighted by Gasteiger charge is -2.06. The maximum absolute atomic E-state index is 11.9. The van der Waals surface area contributed by atoms with E-state index < -0.39 is 0 Å². The highest BCUT2D eigenvalue weighted by molar-refractivity contribution is 9.10. The van der Waals surface area contributed by atoms with Gasteiger partial charge in [0, 0.05) is 34.9 Å². The van der Waals surface area contributed by atoms with Crippen molar-refractivity contribution < 1.29 is 9.59 Å². The molecule has 0 spiro atoms. The lowest BCUT2D eigenvalue weighted by molar-refractivity contribution is -0.116. The highest BCUT2D eigenvalue weighted by atomic mass is 79.9. The van der Waals surface area contributed by atoms with Crippen LogP contribution in [0.4, 0.5) is 5.69 Å². The maximum atomic E-state index is 11.9. The van der Waals surface area contributed by atoms with E-state index >= 15 is 0 Å². The van der Waals surface area contributed by atoms with Gasteiger partial charge in [-0.15, -0.1) is 23.7 Å². The van der Waals surface area contributed by atoms with Gasteiger partial charge in [0.05, 0.1) is 5.01 Å². The first kappa shape index (κ1) is 20.6. The first-order valence-electron chi connectivity index (χ1n) is 7.06. The van der Waals surface area contributed by atoms with Crippen LogP contribution >= 0.6 is 39.7 Å². The molecule has 0 saturated carbocycles. The number of nitrogens with zero attached hydrogens (tertiary/aromatic N) is 1. The highest BCUT2D eigenvalue weighted by Crippen LogP contribution is 2.14. The summed E-state index contributed by atoms with van der Waals surface area (Å²) in [5.74, 6) is -0.435. The van der Waals surface area contributed by atoms with Crippen molar-refractivity contribution in [2.24, 2.45) is 5.73 Å². The molecule has 2 rings (SSSR count). The third-order valence-electron chi connectivity index (χ3n) is 2.91. The van der Waals surface area contributed by atoms with Crippen molar-refractivity contribution in [1.29, 1.82) is 0 Å². The highest BCUT2D eigenvalue weighted by Gasteiger charge is 2.11. The van der Waals surface area contributed by atoms with Crippen LogP contribution in [0.25, 0.3) is 0 Å². The monoisotopic (exact) mass is 432 g/mol. The van der Waals surface area contributed by atoms with E-state index in [1.165, 1.54) is 11.3 Å². The van der Waals surface area contributed by atoms with E-state index in [9.17, 15) is 9.59 Å². The summed E-state index contributed by atoms with van der Waals surface area (Å²) in [6, 6.07) is 7.29. The molecule has 0 fully saturated rings. The molecule has 0 saturated heterocycles. The summed E-state index contributed by atoms with van der Waals surface area (Å²) in [5.41, 5.74) is 6.54. The summed E-state index contributed by atoms with van der Waals surface area (Å²) in [6.07, 6.45) is 0.856. The summed E-state index contributed by atoms with van der Waals surface area (Å²) in [6.45, 7) is 0.760. The first-order valence-corrected chi connectivity index (χ1v) is 8.74. The number of carbonyl (C=O) groups excluding carboxylic acids is 2.